The Kier molecular flexibility index (Phi) is 6.27. The van der Waals surface area contributed by atoms with Gasteiger partial charge in [-0.1, -0.05) is 12.1 Å². The molecule has 8 heteroatoms. The lowest BCUT2D eigenvalue weighted by Crippen LogP contribution is -2.14. The SMILES string of the molecule is O=C(CCc1ncc(-c2ccccc2F)o1)Nc1ncccc1OCc1ccncc1. The van der Waals surface area contributed by atoms with Crippen LogP contribution in [-0.4, -0.2) is 20.9 Å². The van der Waals surface area contributed by atoms with Gasteiger partial charge in [-0.2, -0.15) is 0 Å². The highest BCUT2D eigenvalue weighted by Gasteiger charge is 2.13. The second kappa shape index (κ2) is 9.62. The molecule has 0 radical (unpaired) electrons. The van der Waals surface area contributed by atoms with Gasteiger partial charge in [-0.25, -0.2) is 14.4 Å². The van der Waals surface area contributed by atoms with Crippen LogP contribution in [0.2, 0.25) is 0 Å². The van der Waals surface area contributed by atoms with Crippen molar-refractivity contribution in [2.45, 2.75) is 19.4 Å². The Morgan fingerprint density at radius 1 is 1.03 bits per heavy atom. The molecule has 4 aromatic rings. The van der Waals surface area contributed by atoms with Gasteiger partial charge in [0.25, 0.3) is 0 Å². The number of halogens is 1. The van der Waals surface area contributed by atoms with Crippen LogP contribution in [0.5, 0.6) is 5.75 Å². The third kappa shape index (κ3) is 5.30. The molecule has 3 aromatic heterocycles. The number of hydrogen-bond acceptors (Lipinski definition) is 6. The van der Waals surface area contributed by atoms with E-state index < -0.39 is 5.82 Å². The lowest BCUT2D eigenvalue weighted by atomic mass is 10.2. The predicted octanol–water partition coefficient (Wildman–Crippen LogP) is 4.42. The van der Waals surface area contributed by atoms with E-state index in [1.54, 1.807) is 48.9 Å². The molecular weight excluding hydrogens is 399 g/mol. The number of pyridine rings is 2. The Hall–Kier alpha value is -4.07. The zero-order valence-electron chi connectivity index (χ0n) is 16.5. The van der Waals surface area contributed by atoms with E-state index in [0.29, 0.717) is 35.4 Å². The molecule has 0 saturated carbocycles. The van der Waals surface area contributed by atoms with E-state index in [0.717, 1.165) is 5.56 Å². The number of aryl methyl sites for hydroxylation is 1. The van der Waals surface area contributed by atoms with E-state index in [1.807, 2.05) is 12.1 Å². The molecule has 7 nitrogen and oxygen atoms in total. The Morgan fingerprint density at radius 2 is 1.87 bits per heavy atom. The molecule has 156 valence electrons. The molecular formula is C23H19FN4O3. The van der Waals surface area contributed by atoms with E-state index in [9.17, 15) is 9.18 Å². The second-order valence-corrected chi connectivity index (χ2v) is 6.64. The van der Waals surface area contributed by atoms with Crippen LogP contribution in [0.1, 0.15) is 17.9 Å². The topological polar surface area (TPSA) is 90.1 Å². The number of nitrogens with zero attached hydrogens (tertiary/aromatic N) is 3. The number of rotatable bonds is 8. The number of aromatic nitrogens is 3. The summed E-state index contributed by atoms with van der Waals surface area (Å²) in [7, 11) is 0. The first kappa shape index (κ1) is 20.2. The number of hydrogen-bond donors (Lipinski definition) is 1. The molecule has 0 saturated heterocycles. The van der Waals surface area contributed by atoms with Crippen molar-refractivity contribution in [2.24, 2.45) is 0 Å². The van der Waals surface area contributed by atoms with Crippen molar-refractivity contribution in [1.82, 2.24) is 15.0 Å². The highest BCUT2D eigenvalue weighted by atomic mass is 19.1. The average Bonchev–Trinajstić information content (AvgIpc) is 3.27. The van der Waals surface area contributed by atoms with E-state index >= 15 is 0 Å². The Balaban J connectivity index is 1.34. The smallest absolute Gasteiger partial charge is 0.226 e. The highest BCUT2D eigenvalue weighted by molar-refractivity contribution is 5.91. The predicted molar refractivity (Wildman–Crippen MR) is 112 cm³/mol. The van der Waals surface area contributed by atoms with Gasteiger partial charge in [0.05, 0.1) is 11.8 Å². The van der Waals surface area contributed by atoms with Gasteiger partial charge in [-0.15, -0.1) is 0 Å². The summed E-state index contributed by atoms with van der Waals surface area (Å²) in [6.45, 7) is 0.326. The molecule has 0 aliphatic rings. The first-order valence-corrected chi connectivity index (χ1v) is 9.65. The quantitative estimate of drug-likeness (QED) is 0.456. The van der Waals surface area contributed by atoms with E-state index in [1.165, 1.54) is 12.3 Å². The van der Waals surface area contributed by atoms with Gasteiger partial charge in [-0.3, -0.25) is 9.78 Å². The maximum Gasteiger partial charge on any atom is 0.226 e. The number of ether oxygens (including phenoxy) is 1. The molecule has 0 fully saturated rings. The summed E-state index contributed by atoms with van der Waals surface area (Å²) in [6.07, 6.45) is 6.78. The molecule has 0 unspecified atom stereocenters. The minimum Gasteiger partial charge on any atom is -0.485 e. The van der Waals surface area contributed by atoms with Crippen molar-refractivity contribution in [2.75, 3.05) is 5.32 Å². The van der Waals surface area contributed by atoms with Crippen LogP contribution in [0.4, 0.5) is 10.2 Å². The van der Waals surface area contributed by atoms with Crippen LogP contribution < -0.4 is 10.1 Å². The molecule has 31 heavy (non-hydrogen) atoms. The normalized spacial score (nSPS) is 10.6. The van der Waals surface area contributed by atoms with E-state index in [4.69, 9.17) is 9.15 Å². The molecule has 0 aliphatic carbocycles. The third-order valence-electron chi connectivity index (χ3n) is 4.43. The van der Waals surface area contributed by atoms with Crippen molar-refractivity contribution in [3.05, 3.63) is 90.6 Å². The number of amides is 1. The molecule has 1 aromatic carbocycles. The fraction of sp³-hybridized carbons (Fsp3) is 0.130. The second-order valence-electron chi connectivity index (χ2n) is 6.64. The average molecular weight is 418 g/mol. The number of benzene rings is 1. The van der Waals surface area contributed by atoms with Gasteiger partial charge in [-0.05, 0) is 42.0 Å². The molecule has 0 atom stereocenters. The Labute approximate surface area is 178 Å². The summed E-state index contributed by atoms with van der Waals surface area (Å²) in [5.74, 6) is 0.816. The van der Waals surface area contributed by atoms with Gasteiger partial charge < -0.3 is 14.5 Å². The van der Waals surface area contributed by atoms with Crippen LogP contribution in [0.25, 0.3) is 11.3 Å². The van der Waals surface area contributed by atoms with Crippen LogP contribution in [0, 0.1) is 5.82 Å². The maximum absolute atomic E-state index is 13.9. The van der Waals surface area contributed by atoms with Gasteiger partial charge in [0.1, 0.15) is 12.4 Å². The third-order valence-corrected chi connectivity index (χ3v) is 4.43. The van der Waals surface area contributed by atoms with Crippen molar-refractivity contribution in [3.63, 3.8) is 0 Å². The molecule has 4 rings (SSSR count). The van der Waals surface area contributed by atoms with Crippen LogP contribution in [-0.2, 0) is 17.8 Å². The molecule has 0 bridgehead atoms. The first-order chi connectivity index (χ1) is 15.2. The minimum absolute atomic E-state index is 0.123. The fourth-order valence-corrected chi connectivity index (χ4v) is 2.87. The van der Waals surface area contributed by atoms with E-state index in [2.05, 4.69) is 20.3 Å². The maximum atomic E-state index is 13.9. The van der Waals surface area contributed by atoms with Gasteiger partial charge in [0.2, 0.25) is 5.91 Å². The van der Waals surface area contributed by atoms with E-state index in [-0.39, 0.29) is 18.7 Å². The summed E-state index contributed by atoms with van der Waals surface area (Å²) >= 11 is 0. The van der Waals surface area contributed by atoms with Crippen LogP contribution in [0.3, 0.4) is 0 Å². The first-order valence-electron chi connectivity index (χ1n) is 9.65. The summed E-state index contributed by atoms with van der Waals surface area (Å²) in [4.78, 5) is 24.7. The molecule has 0 aliphatic heterocycles. The van der Waals surface area contributed by atoms with Crippen LogP contribution >= 0.6 is 0 Å². The Bertz CT molecular complexity index is 1160. The van der Waals surface area contributed by atoms with Crippen molar-refractivity contribution < 1.29 is 18.3 Å². The van der Waals surface area contributed by atoms with Gasteiger partial charge in [0.15, 0.2) is 23.2 Å². The molecule has 3 heterocycles. The summed E-state index contributed by atoms with van der Waals surface area (Å²) in [6, 6.07) is 13.4. The number of carbonyl (C=O) groups excluding carboxylic acids is 1. The number of oxazole rings is 1. The summed E-state index contributed by atoms with van der Waals surface area (Å²) < 4.78 is 25.2. The monoisotopic (exact) mass is 418 g/mol. The fourth-order valence-electron chi connectivity index (χ4n) is 2.87. The number of carbonyl (C=O) groups is 1. The largest absolute Gasteiger partial charge is 0.485 e. The van der Waals surface area contributed by atoms with Crippen molar-refractivity contribution >= 4 is 11.7 Å². The van der Waals surface area contributed by atoms with Crippen LogP contribution in [0.15, 0.2) is 77.7 Å². The number of nitrogens with one attached hydrogen (secondary N) is 1. The molecule has 0 spiro atoms. The highest BCUT2D eigenvalue weighted by Crippen LogP contribution is 2.24. The summed E-state index contributed by atoms with van der Waals surface area (Å²) in [5.41, 5.74) is 1.28. The zero-order valence-corrected chi connectivity index (χ0v) is 16.5. The lowest BCUT2D eigenvalue weighted by molar-refractivity contribution is -0.116. The van der Waals surface area contributed by atoms with Gasteiger partial charge in [0, 0.05) is 31.4 Å². The summed E-state index contributed by atoms with van der Waals surface area (Å²) in [5, 5.41) is 2.75. The standard InChI is InChI=1S/C23H19FN4O3/c24-18-5-2-1-4-17(18)20-14-27-22(31-20)8-7-21(29)28-23-19(6-3-11-26-23)30-15-16-9-12-25-13-10-16/h1-6,9-14H,7-8,15H2,(H,26,28,29). The van der Waals surface area contributed by atoms with Crippen molar-refractivity contribution in [1.29, 1.82) is 0 Å². The van der Waals surface area contributed by atoms with Gasteiger partial charge >= 0.3 is 0 Å². The zero-order chi connectivity index (χ0) is 21.5. The molecule has 1 amide bonds. The van der Waals surface area contributed by atoms with Crippen molar-refractivity contribution in [3.8, 4) is 17.1 Å². The molecule has 1 N–H and O–H groups in total. The Morgan fingerprint density at radius 3 is 2.71 bits per heavy atom. The minimum atomic E-state index is -0.391. The number of anilines is 1. The lowest BCUT2D eigenvalue weighted by Gasteiger charge is -2.11.